The zero-order chi connectivity index (χ0) is 34.4. The van der Waals surface area contributed by atoms with E-state index in [4.69, 9.17) is 9.84 Å². The molecule has 0 amide bonds. The summed E-state index contributed by atoms with van der Waals surface area (Å²) in [5.74, 6) is -1.50. The van der Waals surface area contributed by atoms with Crippen LogP contribution in [0, 0.1) is 50.2 Å². The Kier molecular flexibility index (Phi) is 7.96. The lowest BCUT2D eigenvalue weighted by Crippen LogP contribution is -2.66. The predicted octanol–water partition coefficient (Wildman–Crippen LogP) is 7.83. The number of hydrogen-bond donors (Lipinski definition) is 2. The fraction of sp³-hybridized carbons (Fsp3) is 0.700. The van der Waals surface area contributed by atoms with Crippen molar-refractivity contribution in [1.29, 1.82) is 0 Å². The van der Waals surface area contributed by atoms with Gasteiger partial charge in [0.2, 0.25) is 0 Å². The molecule has 0 bridgehead atoms. The van der Waals surface area contributed by atoms with Gasteiger partial charge in [0.1, 0.15) is 6.10 Å². The van der Waals surface area contributed by atoms with Gasteiger partial charge in [0.25, 0.3) is 0 Å². The Balaban J connectivity index is 1.25. The van der Waals surface area contributed by atoms with Gasteiger partial charge in [0, 0.05) is 11.3 Å². The van der Waals surface area contributed by atoms with E-state index < -0.39 is 17.4 Å². The zero-order valence-electron chi connectivity index (χ0n) is 29.4. The summed E-state index contributed by atoms with van der Waals surface area (Å²) in [6.07, 6.45) is 9.47. The summed E-state index contributed by atoms with van der Waals surface area (Å²) >= 11 is 0. The minimum atomic E-state index is -0.888. The third kappa shape index (κ3) is 5.12. The van der Waals surface area contributed by atoms with Gasteiger partial charge in [-0.05, 0) is 115 Å². The Morgan fingerprint density at radius 3 is 2.04 bits per heavy atom. The molecule has 0 spiro atoms. The second kappa shape index (κ2) is 11.0. The van der Waals surface area contributed by atoms with Crippen LogP contribution in [0.25, 0.3) is 0 Å². The Bertz CT molecular complexity index is 1520. The van der Waals surface area contributed by atoms with Crippen LogP contribution in [0.2, 0.25) is 0 Å². The maximum Gasteiger partial charge on any atom is 0.310 e. The molecule has 9 atom stereocenters. The molecule has 0 saturated heterocycles. The number of carboxylic acids is 2. The number of carboxylic acid groups (broad SMARTS) is 2. The van der Waals surface area contributed by atoms with Gasteiger partial charge in [-0.1, -0.05) is 71.4 Å². The number of ketones is 1. The van der Waals surface area contributed by atoms with E-state index in [9.17, 15) is 24.3 Å². The number of esters is 1. The second-order valence-electron chi connectivity index (χ2n) is 18.0. The second-order valence-corrected chi connectivity index (χ2v) is 18.0. The van der Waals surface area contributed by atoms with Gasteiger partial charge >= 0.3 is 17.9 Å². The quantitative estimate of drug-likeness (QED) is 0.303. The Morgan fingerprint density at radius 1 is 0.809 bits per heavy atom. The molecule has 0 unspecified atom stereocenters. The number of fused-ring (bicyclic) bond motifs is 7. The minimum absolute atomic E-state index is 0.0231. The molecule has 0 aliphatic heterocycles. The van der Waals surface area contributed by atoms with Crippen molar-refractivity contribution in [3.8, 4) is 0 Å². The third-order valence-corrected chi connectivity index (χ3v) is 15.0. The average molecular weight is 647 g/mol. The molecule has 2 N–H and O–H groups in total. The molecule has 1 aromatic carbocycles. The Labute approximate surface area is 279 Å². The number of carbonyl (C=O) groups is 4. The van der Waals surface area contributed by atoms with E-state index in [2.05, 4.69) is 41.5 Å². The van der Waals surface area contributed by atoms with Gasteiger partial charge in [-0.2, -0.15) is 0 Å². The number of benzene rings is 1. The maximum atomic E-state index is 14.6. The first-order valence-electron chi connectivity index (χ1n) is 17.8. The molecule has 5 aliphatic rings. The van der Waals surface area contributed by atoms with Gasteiger partial charge in [-0.3, -0.25) is 19.2 Å². The van der Waals surface area contributed by atoms with Crippen LogP contribution in [-0.2, 0) is 36.8 Å². The van der Waals surface area contributed by atoms with Crippen LogP contribution in [0.1, 0.15) is 117 Å². The van der Waals surface area contributed by atoms with Crippen LogP contribution in [0.4, 0.5) is 0 Å². The standard InChI is InChI=1S/C40H54O7/c1-35(2)29-12-15-40(7)33(28(41)22-26-27-23-37(4,34(45)46)17-16-36(27,3)18-19-39(26,40)6)38(29,5)14-13-30(35)47-32(44)21-25-10-8-24(9-11-25)20-31(42)43/h8-11,22,27,29-30,33H,12-21,23H2,1-7H3,(H,42,43)(H,45,46)/t27-,29-,30-,33+,36+,37-,38-,39+,40+/m0/s1. The highest BCUT2D eigenvalue weighted by atomic mass is 16.5. The summed E-state index contributed by atoms with van der Waals surface area (Å²) < 4.78 is 6.22. The highest BCUT2D eigenvalue weighted by Gasteiger charge is 2.70. The third-order valence-electron chi connectivity index (χ3n) is 15.0. The summed E-state index contributed by atoms with van der Waals surface area (Å²) in [4.78, 5) is 51.2. The molecule has 0 radical (unpaired) electrons. The topological polar surface area (TPSA) is 118 Å². The minimum Gasteiger partial charge on any atom is -0.481 e. The van der Waals surface area contributed by atoms with Crippen molar-refractivity contribution < 1.29 is 34.1 Å². The maximum absolute atomic E-state index is 14.6. The van der Waals surface area contributed by atoms with Crippen molar-refractivity contribution in [3.05, 3.63) is 47.0 Å². The van der Waals surface area contributed by atoms with Gasteiger partial charge < -0.3 is 14.9 Å². The molecule has 4 fully saturated rings. The average Bonchev–Trinajstić information content (AvgIpc) is 2.97. The highest BCUT2D eigenvalue weighted by Crippen LogP contribution is 2.75. The Hall–Kier alpha value is -2.96. The molecule has 7 heteroatoms. The fourth-order valence-electron chi connectivity index (χ4n) is 11.9. The predicted molar refractivity (Wildman–Crippen MR) is 178 cm³/mol. The first kappa shape index (κ1) is 33.9. The summed E-state index contributed by atoms with van der Waals surface area (Å²) in [5, 5.41) is 19.2. The molecule has 6 rings (SSSR count). The molecule has 256 valence electrons. The first-order chi connectivity index (χ1) is 21.8. The lowest BCUT2D eigenvalue weighted by Gasteiger charge is -2.70. The Morgan fingerprint density at radius 2 is 1.43 bits per heavy atom. The van der Waals surface area contributed by atoms with E-state index in [1.165, 1.54) is 5.57 Å². The van der Waals surface area contributed by atoms with E-state index in [1.54, 1.807) is 24.3 Å². The van der Waals surface area contributed by atoms with Crippen molar-refractivity contribution in [3.63, 3.8) is 0 Å². The van der Waals surface area contributed by atoms with Crippen molar-refractivity contribution >= 4 is 23.7 Å². The van der Waals surface area contributed by atoms with Crippen LogP contribution in [0.3, 0.4) is 0 Å². The molecule has 4 saturated carbocycles. The highest BCUT2D eigenvalue weighted by molar-refractivity contribution is 5.95. The number of allylic oxidation sites excluding steroid dienone is 2. The summed E-state index contributed by atoms with van der Waals surface area (Å²) in [7, 11) is 0. The zero-order valence-corrected chi connectivity index (χ0v) is 29.4. The smallest absolute Gasteiger partial charge is 0.310 e. The van der Waals surface area contributed by atoms with Crippen molar-refractivity contribution in [2.75, 3.05) is 0 Å². The normalized spacial score (nSPS) is 42.1. The molecule has 0 aromatic heterocycles. The number of hydrogen-bond acceptors (Lipinski definition) is 5. The fourth-order valence-corrected chi connectivity index (χ4v) is 11.9. The van der Waals surface area contributed by atoms with Crippen molar-refractivity contribution in [2.24, 2.45) is 50.2 Å². The van der Waals surface area contributed by atoms with Crippen LogP contribution in [-0.4, -0.2) is 40.0 Å². The molecular formula is C40H54O7. The summed E-state index contributed by atoms with van der Waals surface area (Å²) in [6, 6.07) is 7.09. The lowest BCUT2D eigenvalue weighted by molar-refractivity contribution is -0.211. The van der Waals surface area contributed by atoms with Crippen LogP contribution in [0.5, 0.6) is 0 Å². The van der Waals surface area contributed by atoms with Crippen LogP contribution >= 0.6 is 0 Å². The molecule has 47 heavy (non-hydrogen) atoms. The molecule has 0 heterocycles. The number of aliphatic carboxylic acids is 2. The van der Waals surface area contributed by atoms with E-state index >= 15 is 0 Å². The van der Waals surface area contributed by atoms with Gasteiger partial charge in [-0.15, -0.1) is 0 Å². The lowest BCUT2D eigenvalue weighted by atomic mass is 9.33. The largest absolute Gasteiger partial charge is 0.481 e. The van der Waals surface area contributed by atoms with Crippen molar-refractivity contribution in [1.82, 2.24) is 0 Å². The molecule has 1 aromatic rings. The number of carbonyl (C=O) groups excluding carboxylic acids is 2. The van der Waals surface area contributed by atoms with E-state index in [-0.39, 0.29) is 75.5 Å². The molecule has 5 aliphatic carbocycles. The first-order valence-corrected chi connectivity index (χ1v) is 17.8. The number of ether oxygens (including phenoxy) is 1. The monoisotopic (exact) mass is 646 g/mol. The summed E-state index contributed by atoms with van der Waals surface area (Å²) in [6.45, 7) is 15.7. The van der Waals surface area contributed by atoms with Gasteiger partial charge in [0.15, 0.2) is 5.78 Å². The number of rotatable bonds is 6. The van der Waals surface area contributed by atoms with E-state index in [1.807, 2.05) is 13.0 Å². The molecule has 7 nitrogen and oxygen atoms in total. The molecular weight excluding hydrogens is 592 g/mol. The van der Waals surface area contributed by atoms with E-state index in [0.717, 1.165) is 44.1 Å². The summed E-state index contributed by atoms with van der Waals surface area (Å²) in [5.41, 5.74) is 1.000. The van der Waals surface area contributed by atoms with Gasteiger partial charge in [0.05, 0.1) is 18.3 Å². The SMILES string of the molecule is CC1(C)[C@@H](OC(=O)Cc2ccc(CC(=O)O)cc2)CC[C@]2(C)[C@H]3C(=O)C=C4[C@@H]5C[C@@](C)(C(=O)O)CC[C@]5(C)CC[C@@]4(C)[C@]3(C)CC[C@@H]12. The van der Waals surface area contributed by atoms with Gasteiger partial charge in [-0.25, -0.2) is 0 Å². The van der Waals surface area contributed by atoms with Crippen molar-refractivity contribution in [2.45, 2.75) is 125 Å². The van der Waals surface area contributed by atoms with Crippen LogP contribution in [0.15, 0.2) is 35.9 Å². The van der Waals surface area contributed by atoms with Crippen LogP contribution < -0.4 is 0 Å². The van der Waals surface area contributed by atoms with E-state index in [0.29, 0.717) is 24.8 Å².